The Hall–Kier alpha value is -3.23. The van der Waals surface area contributed by atoms with E-state index in [1.807, 2.05) is 30.5 Å². The third kappa shape index (κ3) is 7.92. The number of esters is 1. The number of unbranched alkanes of at least 4 members (excludes halogenated alkanes) is 2. The van der Waals surface area contributed by atoms with E-state index in [1.54, 1.807) is 0 Å². The summed E-state index contributed by atoms with van der Waals surface area (Å²) in [7, 11) is 0. The summed E-state index contributed by atoms with van der Waals surface area (Å²) >= 11 is 0. The first-order valence-corrected chi connectivity index (χ1v) is 14.8. The fraction of sp³-hybridized carbons (Fsp3) is 0.531. The number of ether oxygens (including phenoxy) is 1. The molecule has 1 aliphatic rings. The standard InChI is InChI=1S/C32H44N4O4/c1-4-6-20-39-30(37)22-24(3)35-17-13-26(14-18-35)28-12-16-33-31-29(28)15-19-36(31)23-25-8-10-27(11-9-25)32(38)34-40-21-7-5-2/h8-12,15-16,19,24,26H,4-7,13-14,17-18,20-23H2,1-3H3,(H,34,38). The predicted molar refractivity (Wildman–Crippen MR) is 157 cm³/mol. The molecule has 0 bridgehead atoms. The minimum absolute atomic E-state index is 0.0883. The van der Waals surface area contributed by atoms with Crippen LogP contribution in [-0.2, 0) is 20.9 Å². The van der Waals surface area contributed by atoms with Crippen LogP contribution in [0.25, 0.3) is 11.0 Å². The van der Waals surface area contributed by atoms with Crippen molar-refractivity contribution in [1.29, 1.82) is 0 Å². The molecule has 2 aromatic heterocycles. The Morgan fingerprint density at radius 2 is 1.75 bits per heavy atom. The van der Waals surface area contributed by atoms with Crippen LogP contribution >= 0.6 is 0 Å². The van der Waals surface area contributed by atoms with Crippen molar-refractivity contribution in [2.75, 3.05) is 26.3 Å². The first-order chi connectivity index (χ1) is 19.5. The molecule has 8 heteroatoms. The van der Waals surface area contributed by atoms with Crippen molar-refractivity contribution in [3.05, 3.63) is 65.5 Å². The van der Waals surface area contributed by atoms with Gasteiger partial charge < -0.3 is 14.2 Å². The number of rotatable bonds is 14. The van der Waals surface area contributed by atoms with Gasteiger partial charge in [0.2, 0.25) is 0 Å². The van der Waals surface area contributed by atoms with E-state index in [0.29, 0.717) is 37.7 Å². The summed E-state index contributed by atoms with van der Waals surface area (Å²) in [4.78, 5) is 36.8. The Kier molecular flexibility index (Phi) is 11.1. The molecule has 216 valence electrons. The number of piperidine rings is 1. The van der Waals surface area contributed by atoms with E-state index in [9.17, 15) is 9.59 Å². The fourth-order valence-electron chi connectivity index (χ4n) is 5.36. The van der Waals surface area contributed by atoms with E-state index in [2.05, 4.69) is 54.0 Å². The number of amides is 1. The molecule has 1 fully saturated rings. The maximum atomic E-state index is 12.3. The van der Waals surface area contributed by atoms with Crippen molar-refractivity contribution < 1.29 is 19.2 Å². The number of benzene rings is 1. The topological polar surface area (TPSA) is 85.7 Å². The summed E-state index contributed by atoms with van der Waals surface area (Å²) in [5, 5.41) is 1.20. The van der Waals surface area contributed by atoms with Crippen LogP contribution in [0.1, 0.15) is 93.1 Å². The minimum Gasteiger partial charge on any atom is -0.466 e. The molecule has 1 amide bonds. The summed E-state index contributed by atoms with van der Waals surface area (Å²) in [6.45, 7) is 9.98. The molecule has 0 radical (unpaired) electrons. The van der Waals surface area contributed by atoms with Gasteiger partial charge >= 0.3 is 5.97 Å². The summed E-state index contributed by atoms with van der Waals surface area (Å²) in [5.74, 6) is 0.154. The molecule has 0 saturated carbocycles. The van der Waals surface area contributed by atoms with E-state index in [0.717, 1.165) is 62.8 Å². The largest absolute Gasteiger partial charge is 0.466 e. The highest BCUT2D eigenvalue weighted by atomic mass is 16.6. The number of nitrogens with one attached hydrogen (secondary N) is 1. The van der Waals surface area contributed by atoms with Crippen molar-refractivity contribution in [2.45, 2.75) is 84.2 Å². The van der Waals surface area contributed by atoms with E-state index >= 15 is 0 Å². The van der Waals surface area contributed by atoms with Crippen molar-refractivity contribution in [2.24, 2.45) is 0 Å². The zero-order valence-electron chi connectivity index (χ0n) is 24.2. The van der Waals surface area contributed by atoms with Gasteiger partial charge in [-0.25, -0.2) is 10.5 Å². The van der Waals surface area contributed by atoms with Crippen LogP contribution in [0.3, 0.4) is 0 Å². The Morgan fingerprint density at radius 1 is 1.02 bits per heavy atom. The second-order valence-electron chi connectivity index (χ2n) is 10.8. The Balaban J connectivity index is 1.33. The van der Waals surface area contributed by atoms with Gasteiger partial charge in [-0.1, -0.05) is 38.8 Å². The number of carbonyl (C=O) groups is 2. The van der Waals surface area contributed by atoms with Crippen LogP contribution in [0, 0.1) is 0 Å². The SMILES string of the molecule is CCCCONC(=O)c1ccc(Cn2ccc3c(C4CCN(C(C)CC(=O)OCCCC)CC4)ccnc32)cc1. The first-order valence-electron chi connectivity index (χ1n) is 14.8. The lowest BCUT2D eigenvalue weighted by atomic mass is 9.87. The summed E-state index contributed by atoms with van der Waals surface area (Å²) in [6.07, 6.45) is 10.5. The van der Waals surface area contributed by atoms with Gasteiger partial charge in [0, 0.05) is 35.9 Å². The maximum Gasteiger partial charge on any atom is 0.307 e. The monoisotopic (exact) mass is 548 g/mol. The van der Waals surface area contributed by atoms with Crippen molar-refractivity contribution in [3.63, 3.8) is 0 Å². The summed E-state index contributed by atoms with van der Waals surface area (Å²) < 4.78 is 7.54. The van der Waals surface area contributed by atoms with Crippen molar-refractivity contribution in [1.82, 2.24) is 19.9 Å². The second-order valence-corrected chi connectivity index (χ2v) is 10.8. The molecule has 3 heterocycles. The first kappa shape index (κ1) is 29.7. The molecule has 0 spiro atoms. The van der Waals surface area contributed by atoms with Crippen LogP contribution in [0.5, 0.6) is 0 Å². The van der Waals surface area contributed by atoms with Crippen LogP contribution in [0.15, 0.2) is 48.8 Å². The Bertz CT molecular complexity index is 1230. The van der Waals surface area contributed by atoms with Crippen LogP contribution in [0.2, 0.25) is 0 Å². The Labute approximate surface area is 238 Å². The number of pyridine rings is 1. The van der Waals surface area contributed by atoms with Gasteiger partial charge in [-0.05, 0) is 87.0 Å². The van der Waals surface area contributed by atoms with E-state index in [-0.39, 0.29) is 17.9 Å². The van der Waals surface area contributed by atoms with Crippen molar-refractivity contribution >= 4 is 22.9 Å². The third-order valence-electron chi connectivity index (χ3n) is 7.85. The van der Waals surface area contributed by atoms with Crippen molar-refractivity contribution in [3.8, 4) is 0 Å². The maximum absolute atomic E-state index is 12.3. The zero-order valence-corrected chi connectivity index (χ0v) is 24.2. The molecule has 0 aliphatic carbocycles. The van der Waals surface area contributed by atoms with Crippen LogP contribution in [0.4, 0.5) is 0 Å². The zero-order chi connectivity index (χ0) is 28.3. The highest BCUT2D eigenvalue weighted by Gasteiger charge is 2.26. The lowest BCUT2D eigenvalue weighted by Gasteiger charge is -2.36. The molecular weight excluding hydrogens is 504 g/mol. The number of fused-ring (bicyclic) bond motifs is 1. The Morgan fingerprint density at radius 3 is 2.48 bits per heavy atom. The van der Waals surface area contributed by atoms with Gasteiger partial charge in [-0.2, -0.15) is 0 Å². The number of hydrogen-bond donors (Lipinski definition) is 1. The molecule has 1 atom stereocenters. The van der Waals surface area contributed by atoms with Gasteiger partial charge in [0.05, 0.1) is 19.6 Å². The number of likely N-dealkylation sites (tertiary alicyclic amines) is 1. The van der Waals surface area contributed by atoms with Crippen LogP contribution in [-0.4, -0.2) is 58.7 Å². The summed E-state index contributed by atoms with van der Waals surface area (Å²) in [5.41, 5.74) is 6.52. The molecule has 8 nitrogen and oxygen atoms in total. The average molecular weight is 549 g/mol. The molecule has 1 aromatic carbocycles. The molecule has 1 saturated heterocycles. The van der Waals surface area contributed by atoms with E-state index in [1.165, 1.54) is 10.9 Å². The lowest BCUT2D eigenvalue weighted by molar-refractivity contribution is -0.145. The predicted octanol–water partition coefficient (Wildman–Crippen LogP) is 5.85. The van der Waals surface area contributed by atoms with E-state index < -0.39 is 0 Å². The molecular formula is C32H44N4O4. The second kappa shape index (κ2) is 15.0. The molecule has 40 heavy (non-hydrogen) atoms. The lowest BCUT2D eigenvalue weighted by Crippen LogP contribution is -2.40. The van der Waals surface area contributed by atoms with Gasteiger partial charge in [0.15, 0.2) is 0 Å². The smallest absolute Gasteiger partial charge is 0.307 e. The highest BCUT2D eigenvalue weighted by Crippen LogP contribution is 2.33. The molecule has 1 unspecified atom stereocenters. The van der Waals surface area contributed by atoms with Crippen LogP contribution < -0.4 is 5.48 Å². The summed E-state index contributed by atoms with van der Waals surface area (Å²) in [6, 6.07) is 12.2. The van der Waals surface area contributed by atoms with E-state index in [4.69, 9.17) is 14.6 Å². The van der Waals surface area contributed by atoms with Gasteiger partial charge in [0.1, 0.15) is 5.65 Å². The number of hydrogen-bond acceptors (Lipinski definition) is 6. The quantitative estimate of drug-likeness (QED) is 0.155. The molecule has 1 aliphatic heterocycles. The highest BCUT2D eigenvalue weighted by molar-refractivity contribution is 5.93. The number of carbonyl (C=O) groups excluding carboxylic acids is 2. The molecule has 4 rings (SSSR count). The normalized spacial score (nSPS) is 15.3. The minimum atomic E-state index is -0.229. The average Bonchev–Trinajstić information content (AvgIpc) is 3.38. The van der Waals surface area contributed by atoms with Gasteiger partial charge in [0.25, 0.3) is 5.91 Å². The third-order valence-corrected chi connectivity index (χ3v) is 7.85. The van der Waals surface area contributed by atoms with Gasteiger partial charge in [-0.15, -0.1) is 0 Å². The molecule has 3 aromatic rings. The number of aromatic nitrogens is 2. The van der Waals surface area contributed by atoms with Gasteiger partial charge in [-0.3, -0.25) is 14.4 Å². The number of nitrogens with zero attached hydrogens (tertiary/aromatic N) is 3. The fourth-order valence-corrected chi connectivity index (χ4v) is 5.36. The molecule has 1 N–H and O–H groups in total. The number of hydroxylamine groups is 1.